The molecular weight excluding hydrogens is 218 g/mol. The normalized spacial score (nSPS) is 17.5. The van der Waals surface area contributed by atoms with E-state index in [4.69, 9.17) is 10.5 Å². The topological polar surface area (TPSA) is 70.1 Å². The second-order valence-electron chi connectivity index (χ2n) is 3.91. The number of nitrogen functional groups attached to an aromatic ring is 1. The summed E-state index contributed by atoms with van der Waals surface area (Å²) in [7, 11) is 0. The molecule has 0 saturated carbocycles. The quantitative estimate of drug-likeness (QED) is 0.795. The molecule has 0 saturated heterocycles. The number of hydrogen-bond donors (Lipinski definition) is 1. The number of carbonyl (C=O) groups is 1. The lowest BCUT2D eigenvalue weighted by Crippen LogP contribution is -2.30. The van der Waals surface area contributed by atoms with Crippen molar-refractivity contribution >= 4 is 11.9 Å². The smallest absolute Gasteiger partial charge is 0.274 e. The van der Waals surface area contributed by atoms with Crippen molar-refractivity contribution in [2.45, 2.75) is 12.5 Å². The van der Waals surface area contributed by atoms with Crippen LogP contribution in [0.3, 0.4) is 0 Å². The monoisotopic (exact) mass is 229 g/mol. The summed E-state index contributed by atoms with van der Waals surface area (Å²) in [6.45, 7) is 0. The molecular formula is C12H11N3O2. The Morgan fingerprint density at radius 1 is 1.47 bits per heavy atom. The van der Waals surface area contributed by atoms with Crippen molar-refractivity contribution in [1.29, 1.82) is 0 Å². The third-order valence-corrected chi connectivity index (χ3v) is 2.83. The highest BCUT2D eigenvalue weighted by Crippen LogP contribution is 2.28. The molecule has 5 heteroatoms. The predicted molar refractivity (Wildman–Crippen MR) is 61.8 cm³/mol. The summed E-state index contributed by atoms with van der Waals surface area (Å²) in [5, 5.41) is 0. The van der Waals surface area contributed by atoms with Crippen LogP contribution in [0.2, 0.25) is 0 Å². The predicted octanol–water partition coefficient (Wildman–Crippen LogP) is 1.11. The van der Waals surface area contributed by atoms with Crippen molar-refractivity contribution in [2.75, 3.05) is 5.73 Å². The van der Waals surface area contributed by atoms with Gasteiger partial charge < -0.3 is 10.5 Å². The van der Waals surface area contributed by atoms with E-state index in [0.29, 0.717) is 6.42 Å². The highest BCUT2D eigenvalue weighted by atomic mass is 16.5. The van der Waals surface area contributed by atoms with Gasteiger partial charge in [0.15, 0.2) is 6.10 Å². The highest BCUT2D eigenvalue weighted by Gasteiger charge is 2.30. The zero-order valence-electron chi connectivity index (χ0n) is 9.04. The maximum Gasteiger partial charge on any atom is 0.274 e. The Kier molecular flexibility index (Phi) is 2.11. The summed E-state index contributed by atoms with van der Waals surface area (Å²) in [5.74, 6) is 0.773. The van der Waals surface area contributed by atoms with Crippen molar-refractivity contribution in [2.24, 2.45) is 0 Å². The van der Waals surface area contributed by atoms with Crippen LogP contribution < -0.4 is 10.5 Å². The van der Waals surface area contributed by atoms with Crippen LogP contribution in [0.5, 0.6) is 5.75 Å². The van der Waals surface area contributed by atoms with Gasteiger partial charge in [-0.25, -0.2) is 4.98 Å². The molecule has 0 bridgehead atoms. The molecule has 2 heterocycles. The number of aromatic nitrogens is 2. The second-order valence-corrected chi connectivity index (χ2v) is 3.91. The lowest BCUT2D eigenvalue weighted by molar-refractivity contribution is 0.0737. The van der Waals surface area contributed by atoms with Gasteiger partial charge in [-0.3, -0.25) is 9.36 Å². The van der Waals surface area contributed by atoms with Crippen molar-refractivity contribution < 1.29 is 9.53 Å². The Balaban J connectivity index is 1.86. The Hall–Kier alpha value is -2.30. The second kappa shape index (κ2) is 3.62. The fraction of sp³-hybridized carbons (Fsp3) is 0.167. The number of hydrogen-bond acceptors (Lipinski definition) is 4. The molecule has 2 aromatic rings. The first-order valence-electron chi connectivity index (χ1n) is 5.33. The summed E-state index contributed by atoms with van der Waals surface area (Å²) >= 11 is 0. The third-order valence-electron chi connectivity index (χ3n) is 2.83. The molecule has 1 atom stereocenters. The maximum atomic E-state index is 12.1. The molecule has 17 heavy (non-hydrogen) atoms. The number of nitrogens with two attached hydrogens (primary N) is 1. The van der Waals surface area contributed by atoms with Crippen LogP contribution in [0, 0.1) is 0 Å². The van der Waals surface area contributed by atoms with Crippen molar-refractivity contribution in [3.8, 4) is 5.75 Å². The number of anilines is 1. The zero-order valence-corrected chi connectivity index (χ0v) is 9.04. The molecule has 86 valence electrons. The van der Waals surface area contributed by atoms with E-state index >= 15 is 0 Å². The van der Waals surface area contributed by atoms with Crippen molar-refractivity contribution in [1.82, 2.24) is 9.55 Å². The van der Waals surface area contributed by atoms with Gasteiger partial charge in [0.1, 0.15) is 5.75 Å². The summed E-state index contributed by atoms with van der Waals surface area (Å²) in [6, 6.07) is 7.64. The van der Waals surface area contributed by atoms with Gasteiger partial charge in [0.2, 0.25) is 5.95 Å². The fourth-order valence-electron chi connectivity index (χ4n) is 1.98. The third kappa shape index (κ3) is 1.56. The van der Waals surface area contributed by atoms with Gasteiger partial charge in [-0.1, -0.05) is 18.2 Å². The average Bonchev–Trinajstić information content (AvgIpc) is 2.93. The van der Waals surface area contributed by atoms with Crippen LogP contribution >= 0.6 is 0 Å². The van der Waals surface area contributed by atoms with Gasteiger partial charge in [-0.15, -0.1) is 0 Å². The number of para-hydroxylation sites is 1. The number of fused-ring (bicyclic) bond motifs is 1. The Labute approximate surface area is 97.8 Å². The first-order valence-corrected chi connectivity index (χ1v) is 5.33. The van der Waals surface area contributed by atoms with E-state index in [9.17, 15) is 4.79 Å². The molecule has 0 amide bonds. The van der Waals surface area contributed by atoms with E-state index < -0.39 is 6.10 Å². The number of carbonyl (C=O) groups excluding carboxylic acids is 1. The van der Waals surface area contributed by atoms with E-state index in [1.807, 2.05) is 24.3 Å². The molecule has 1 unspecified atom stereocenters. The number of nitrogens with zero attached hydrogens (tertiary/aromatic N) is 2. The van der Waals surface area contributed by atoms with Crippen LogP contribution in [0.4, 0.5) is 5.95 Å². The largest absolute Gasteiger partial charge is 0.480 e. The van der Waals surface area contributed by atoms with Crippen LogP contribution in [-0.4, -0.2) is 21.6 Å². The van der Waals surface area contributed by atoms with Gasteiger partial charge in [-0.05, 0) is 11.6 Å². The summed E-state index contributed by atoms with van der Waals surface area (Å²) in [6.07, 6.45) is 3.11. The molecule has 0 aliphatic carbocycles. The first-order chi connectivity index (χ1) is 8.25. The highest BCUT2D eigenvalue weighted by molar-refractivity contribution is 5.86. The van der Waals surface area contributed by atoms with E-state index in [2.05, 4.69) is 4.98 Å². The molecule has 1 aromatic carbocycles. The first kappa shape index (κ1) is 9.89. The summed E-state index contributed by atoms with van der Waals surface area (Å²) < 4.78 is 6.91. The number of benzene rings is 1. The van der Waals surface area contributed by atoms with Gasteiger partial charge in [-0.2, -0.15) is 0 Å². The van der Waals surface area contributed by atoms with Crippen LogP contribution in [0.25, 0.3) is 0 Å². The molecule has 0 spiro atoms. The molecule has 3 rings (SSSR count). The molecule has 2 N–H and O–H groups in total. The standard InChI is InChI=1S/C12H11N3O2/c13-12-14-5-6-15(12)11(16)10-7-8-3-1-2-4-9(8)17-10/h1-6,10H,7H2,(H2,13,14). The Morgan fingerprint density at radius 3 is 3.00 bits per heavy atom. The van der Waals surface area contributed by atoms with Crippen LogP contribution in [0.1, 0.15) is 10.4 Å². The Bertz CT molecular complexity index is 552. The van der Waals surface area contributed by atoms with Crippen molar-refractivity contribution in [3.05, 3.63) is 42.2 Å². The summed E-state index contributed by atoms with van der Waals surface area (Å²) in [4.78, 5) is 15.9. The molecule has 1 aromatic heterocycles. The van der Waals surface area contributed by atoms with E-state index in [1.165, 1.54) is 10.8 Å². The van der Waals surface area contributed by atoms with Crippen LogP contribution in [0.15, 0.2) is 36.7 Å². The minimum absolute atomic E-state index is 0.184. The zero-order chi connectivity index (χ0) is 11.8. The molecule has 5 nitrogen and oxygen atoms in total. The maximum absolute atomic E-state index is 12.1. The van der Waals surface area contributed by atoms with E-state index in [1.54, 1.807) is 6.20 Å². The number of rotatable bonds is 1. The fourth-order valence-corrected chi connectivity index (χ4v) is 1.98. The van der Waals surface area contributed by atoms with Crippen LogP contribution in [-0.2, 0) is 6.42 Å². The lowest BCUT2D eigenvalue weighted by atomic mass is 10.1. The molecule has 0 radical (unpaired) electrons. The SMILES string of the molecule is Nc1nccn1C(=O)C1Cc2ccccc2O1. The minimum Gasteiger partial charge on any atom is -0.480 e. The number of ether oxygens (including phenoxy) is 1. The lowest BCUT2D eigenvalue weighted by Gasteiger charge is -2.10. The van der Waals surface area contributed by atoms with Gasteiger partial charge in [0.05, 0.1) is 0 Å². The van der Waals surface area contributed by atoms with Crippen molar-refractivity contribution in [3.63, 3.8) is 0 Å². The van der Waals surface area contributed by atoms with Gasteiger partial charge in [0, 0.05) is 18.8 Å². The van der Waals surface area contributed by atoms with Gasteiger partial charge in [0.25, 0.3) is 5.91 Å². The minimum atomic E-state index is -0.510. The molecule has 1 aliphatic heterocycles. The average molecular weight is 229 g/mol. The Morgan fingerprint density at radius 2 is 2.29 bits per heavy atom. The summed E-state index contributed by atoms with van der Waals surface area (Å²) in [5.41, 5.74) is 6.64. The van der Waals surface area contributed by atoms with E-state index in [0.717, 1.165) is 11.3 Å². The molecule has 1 aliphatic rings. The van der Waals surface area contributed by atoms with E-state index in [-0.39, 0.29) is 11.9 Å². The van der Waals surface area contributed by atoms with Gasteiger partial charge >= 0.3 is 0 Å². The molecule has 0 fully saturated rings. The number of imidazole rings is 1.